The number of sulfonamides is 1. The zero-order valence-corrected chi connectivity index (χ0v) is 11.6. The van der Waals surface area contributed by atoms with Crippen LogP contribution in [0.1, 0.15) is 13.8 Å². The van der Waals surface area contributed by atoms with E-state index in [0.29, 0.717) is 0 Å². The van der Waals surface area contributed by atoms with Crippen LogP contribution in [0.3, 0.4) is 0 Å². The highest BCUT2D eigenvalue weighted by atomic mass is 35.5. The molecule has 1 heterocycles. The molecule has 3 N–H and O–H groups in total. The Morgan fingerprint density at radius 3 is 2.53 bits per heavy atom. The average Bonchev–Trinajstić information content (AvgIpc) is 2.61. The largest absolute Gasteiger partial charge is 0.368 e. The van der Waals surface area contributed by atoms with Gasteiger partial charge in [0.25, 0.3) is 10.0 Å². The van der Waals surface area contributed by atoms with Gasteiger partial charge in [-0.3, -0.25) is 4.79 Å². The zero-order valence-electron chi connectivity index (χ0n) is 9.18. The summed E-state index contributed by atoms with van der Waals surface area (Å²) in [5.74, 6) is -0.968. The number of primary amides is 1. The zero-order chi connectivity index (χ0) is 13.2. The maximum Gasteiger partial charge on any atom is 0.252 e. The second-order valence-corrected chi connectivity index (χ2v) is 7.23. The van der Waals surface area contributed by atoms with Crippen LogP contribution in [0, 0.1) is 5.92 Å². The van der Waals surface area contributed by atoms with Gasteiger partial charge in [-0.05, 0) is 5.92 Å². The molecule has 1 aromatic rings. The number of halogens is 1. The molecule has 17 heavy (non-hydrogen) atoms. The third-order valence-corrected chi connectivity index (χ3v) is 4.99. The van der Waals surface area contributed by atoms with Crippen LogP contribution >= 0.6 is 22.9 Å². The van der Waals surface area contributed by atoms with Crippen LogP contribution < -0.4 is 10.5 Å². The molecule has 0 bridgehead atoms. The summed E-state index contributed by atoms with van der Waals surface area (Å²) in [5.41, 5.74) is 5.12. The number of amides is 1. The third kappa shape index (κ3) is 3.63. The van der Waals surface area contributed by atoms with Gasteiger partial charge in [0, 0.05) is 0 Å². The van der Waals surface area contributed by atoms with Gasteiger partial charge in [-0.25, -0.2) is 13.4 Å². The Labute approximate surface area is 108 Å². The molecule has 6 nitrogen and oxygen atoms in total. The maximum absolute atomic E-state index is 11.9. The summed E-state index contributed by atoms with van der Waals surface area (Å²) in [5, 5.41) is 0. The second kappa shape index (κ2) is 5.30. The van der Waals surface area contributed by atoms with Gasteiger partial charge in [-0.15, -0.1) is 0 Å². The van der Waals surface area contributed by atoms with Crippen LogP contribution in [0.5, 0.6) is 0 Å². The summed E-state index contributed by atoms with van der Waals surface area (Å²) in [7, 11) is -3.81. The Bertz CT molecular complexity index is 512. The Morgan fingerprint density at radius 1 is 1.59 bits per heavy atom. The number of carbonyl (C=O) groups excluding carboxylic acids is 1. The SMILES string of the molecule is CC(C)C(NS(=O)(=O)c1cnc(Cl)s1)C(N)=O. The lowest BCUT2D eigenvalue weighted by Crippen LogP contribution is -2.47. The van der Waals surface area contributed by atoms with Crippen molar-refractivity contribution >= 4 is 38.9 Å². The number of nitrogens with one attached hydrogen (secondary N) is 1. The van der Waals surface area contributed by atoms with E-state index in [2.05, 4.69) is 9.71 Å². The van der Waals surface area contributed by atoms with Crippen LogP contribution in [-0.4, -0.2) is 25.4 Å². The lowest BCUT2D eigenvalue weighted by molar-refractivity contribution is -0.120. The first kappa shape index (κ1) is 14.4. The van der Waals surface area contributed by atoms with Crippen molar-refractivity contribution in [1.29, 1.82) is 0 Å². The summed E-state index contributed by atoms with van der Waals surface area (Å²) < 4.78 is 26.0. The summed E-state index contributed by atoms with van der Waals surface area (Å²) in [6, 6.07) is -0.958. The smallest absolute Gasteiger partial charge is 0.252 e. The minimum absolute atomic E-state index is 0.0469. The number of rotatable bonds is 5. The molecule has 0 aromatic carbocycles. The first-order valence-electron chi connectivity index (χ1n) is 4.67. The molecule has 1 aromatic heterocycles. The number of nitrogens with two attached hydrogens (primary N) is 1. The van der Waals surface area contributed by atoms with Crippen molar-refractivity contribution in [2.24, 2.45) is 11.7 Å². The number of aromatic nitrogens is 1. The molecule has 0 spiro atoms. The van der Waals surface area contributed by atoms with Gasteiger partial charge < -0.3 is 5.73 Å². The highest BCUT2D eigenvalue weighted by Crippen LogP contribution is 2.22. The Kier molecular flexibility index (Phi) is 4.48. The van der Waals surface area contributed by atoms with E-state index in [9.17, 15) is 13.2 Å². The van der Waals surface area contributed by atoms with E-state index < -0.39 is 22.0 Å². The molecule has 0 aliphatic carbocycles. The predicted octanol–water partition coefficient (Wildman–Crippen LogP) is 0.585. The molecule has 1 atom stereocenters. The monoisotopic (exact) mass is 297 g/mol. The van der Waals surface area contributed by atoms with Gasteiger partial charge in [0.1, 0.15) is 6.04 Å². The highest BCUT2D eigenvalue weighted by molar-refractivity contribution is 7.91. The number of carbonyl (C=O) groups is 1. The standard InChI is InChI=1S/C8H12ClN3O3S2/c1-4(2)6(7(10)13)12-17(14,15)5-3-11-8(9)16-5/h3-4,6,12H,1-2H3,(H2,10,13). The van der Waals surface area contributed by atoms with Gasteiger partial charge in [-0.1, -0.05) is 36.8 Å². The van der Waals surface area contributed by atoms with Crippen LogP contribution in [0.4, 0.5) is 0 Å². The first-order valence-corrected chi connectivity index (χ1v) is 7.35. The third-order valence-electron chi connectivity index (χ3n) is 1.98. The van der Waals surface area contributed by atoms with Crippen LogP contribution in [0.25, 0.3) is 0 Å². The van der Waals surface area contributed by atoms with E-state index in [1.807, 2.05) is 0 Å². The van der Waals surface area contributed by atoms with E-state index in [1.165, 1.54) is 0 Å². The van der Waals surface area contributed by atoms with Gasteiger partial charge in [0.15, 0.2) is 8.68 Å². The molecule has 0 fully saturated rings. The second-order valence-electron chi connectivity index (χ2n) is 3.68. The fraction of sp³-hybridized carbons (Fsp3) is 0.500. The Morgan fingerprint density at radius 2 is 2.18 bits per heavy atom. The lowest BCUT2D eigenvalue weighted by Gasteiger charge is -2.17. The molecular formula is C8H12ClN3O3S2. The van der Waals surface area contributed by atoms with Gasteiger partial charge >= 0.3 is 0 Å². The van der Waals surface area contributed by atoms with Gasteiger partial charge in [-0.2, -0.15) is 4.72 Å². The maximum atomic E-state index is 11.9. The average molecular weight is 298 g/mol. The topological polar surface area (TPSA) is 102 Å². The molecule has 1 amide bonds. The molecule has 0 aliphatic rings. The van der Waals surface area contributed by atoms with E-state index in [4.69, 9.17) is 17.3 Å². The Hall–Kier alpha value is -0.700. The van der Waals surface area contributed by atoms with Crippen LogP contribution in [0.15, 0.2) is 10.4 Å². The molecule has 0 aliphatic heterocycles. The lowest BCUT2D eigenvalue weighted by atomic mass is 10.1. The summed E-state index contributed by atoms with van der Waals surface area (Å²) in [6.07, 6.45) is 1.13. The fourth-order valence-electron chi connectivity index (χ4n) is 1.11. The number of thiazole rings is 1. The van der Waals surface area contributed by atoms with E-state index in [0.717, 1.165) is 17.5 Å². The van der Waals surface area contributed by atoms with E-state index in [-0.39, 0.29) is 14.6 Å². The molecule has 1 rings (SSSR count). The van der Waals surface area contributed by atoms with Crippen molar-refractivity contribution in [2.45, 2.75) is 24.1 Å². The van der Waals surface area contributed by atoms with Crippen molar-refractivity contribution in [3.05, 3.63) is 10.7 Å². The van der Waals surface area contributed by atoms with Gasteiger partial charge in [0.2, 0.25) is 5.91 Å². The molecular weight excluding hydrogens is 286 g/mol. The summed E-state index contributed by atoms with van der Waals surface area (Å²) >= 11 is 6.36. The van der Waals surface area contributed by atoms with Crippen molar-refractivity contribution in [2.75, 3.05) is 0 Å². The quantitative estimate of drug-likeness (QED) is 0.830. The highest BCUT2D eigenvalue weighted by Gasteiger charge is 2.27. The van der Waals surface area contributed by atoms with Crippen LogP contribution in [0.2, 0.25) is 4.47 Å². The van der Waals surface area contributed by atoms with Crippen molar-refractivity contribution in [3.63, 3.8) is 0 Å². The van der Waals surface area contributed by atoms with Crippen molar-refractivity contribution < 1.29 is 13.2 Å². The fourth-order valence-corrected chi connectivity index (χ4v) is 3.77. The molecule has 0 radical (unpaired) electrons. The Balaban J connectivity index is 2.97. The van der Waals surface area contributed by atoms with Gasteiger partial charge in [0.05, 0.1) is 6.20 Å². The molecule has 0 saturated heterocycles. The van der Waals surface area contributed by atoms with Crippen molar-refractivity contribution in [1.82, 2.24) is 9.71 Å². The van der Waals surface area contributed by atoms with E-state index in [1.54, 1.807) is 13.8 Å². The number of hydrogen-bond donors (Lipinski definition) is 2. The summed E-state index contributed by atoms with van der Waals surface area (Å²) in [6.45, 7) is 3.38. The first-order chi connectivity index (χ1) is 7.74. The predicted molar refractivity (Wildman–Crippen MR) is 65.3 cm³/mol. The van der Waals surface area contributed by atoms with Crippen LogP contribution in [-0.2, 0) is 14.8 Å². The number of nitrogens with zero attached hydrogens (tertiary/aromatic N) is 1. The van der Waals surface area contributed by atoms with Crippen molar-refractivity contribution in [3.8, 4) is 0 Å². The molecule has 1 unspecified atom stereocenters. The van der Waals surface area contributed by atoms with E-state index >= 15 is 0 Å². The molecule has 96 valence electrons. The molecule has 0 saturated carbocycles. The minimum atomic E-state index is -3.81. The molecule has 9 heteroatoms. The summed E-state index contributed by atoms with van der Waals surface area (Å²) in [4.78, 5) is 14.7. The normalized spacial score (nSPS) is 13.9. The number of hydrogen-bond acceptors (Lipinski definition) is 5. The minimum Gasteiger partial charge on any atom is -0.368 e.